The van der Waals surface area contributed by atoms with Crippen LogP contribution in [0.2, 0.25) is 0 Å². The molecule has 0 radical (unpaired) electrons. The Morgan fingerprint density at radius 3 is 1.60 bits per heavy atom. The average molecular weight is 356 g/mol. The molecule has 2 N–H and O–H groups in total. The second-order valence-electron chi connectivity index (χ2n) is 6.18. The van der Waals surface area contributed by atoms with Gasteiger partial charge in [-0.15, -0.1) is 0 Å². The molecule has 0 spiro atoms. The Morgan fingerprint density at radius 1 is 0.800 bits per heavy atom. The van der Waals surface area contributed by atoms with Crippen LogP contribution in [0.5, 0.6) is 0 Å². The summed E-state index contributed by atoms with van der Waals surface area (Å²) in [6, 6.07) is 0. The number of hydrogen-bond acceptors (Lipinski definition) is 4. The lowest BCUT2D eigenvalue weighted by atomic mass is 9.74. The molecule has 25 heavy (non-hydrogen) atoms. The molecule has 0 saturated heterocycles. The van der Waals surface area contributed by atoms with E-state index in [2.05, 4.69) is 13.2 Å². The molecule has 0 aliphatic heterocycles. The van der Waals surface area contributed by atoms with E-state index in [1.54, 1.807) is 0 Å². The molecule has 0 atom stereocenters. The van der Waals surface area contributed by atoms with Gasteiger partial charge in [0.05, 0.1) is 31.2 Å². The smallest absolute Gasteiger partial charge is 0.309 e. The summed E-state index contributed by atoms with van der Waals surface area (Å²) in [5, 5.41) is 18.6. The molecule has 6 heteroatoms. The van der Waals surface area contributed by atoms with Crippen LogP contribution in [0.4, 0.5) is 0 Å². The second kappa shape index (κ2) is 14.4. The molecule has 0 aromatic rings. The molecule has 0 aromatic heterocycles. The third-order valence-corrected chi connectivity index (χ3v) is 4.32. The monoisotopic (exact) mass is 356 g/mol. The van der Waals surface area contributed by atoms with Gasteiger partial charge in [0.2, 0.25) is 0 Å². The van der Waals surface area contributed by atoms with Crippen molar-refractivity contribution in [1.29, 1.82) is 0 Å². The van der Waals surface area contributed by atoms with E-state index in [4.69, 9.17) is 14.6 Å². The molecule has 6 nitrogen and oxygen atoms in total. The third kappa shape index (κ3) is 11.2. The highest BCUT2D eigenvalue weighted by atomic mass is 16.5. The molecule has 0 amide bonds. The van der Waals surface area contributed by atoms with Gasteiger partial charge in [0.15, 0.2) is 0 Å². The van der Waals surface area contributed by atoms with Gasteiger partial charge in [-0.05, 0) is 51.4 Å². The van der Waals surface area contributed by atoms with Crippen LogP contribution in [0.1, 0.15) is 64.2 Å². The minimum atomic E-state index is -0.843. The summed E-state index contributed by atoms with van der Waals surface area (Å²) in [6.07, 6.45) is 8.64. The predicted octanol–water partition coefficient (Wildman–Crippen LogP) is 4.36. The van der Waals surface area contributed by atoms with Gasteiger partial charge in [0, 0.05) is 6.42 Å². The molecule has 0 fully saturated rings. The predicted molar refractivity (Wildman–Crippen MR) is 96.2 cm³/mol. The van der Waals surface area contributed by atoms with Gasteiger partial charge in [0.25, 0.3) is 0 Å². The lowest BCUT2D eigenvalue weighted by Crippen LogP contribution is -2.31. The van der Waals surface area contributed by atoms with Gasteiger partial charge in [0.1, 0.15) is 0 Å². The Kier molecular flexibility index (Phi) is 13.2. The molecule has 144 valence electrons. The molecule has 0 aliphatic rings. The van der Waals surface area contributed by atoms with Crippen LogP contribution in [-0.4, -0.2) is 35.4 Å². The molecule has 0 rings (SSSR count). The number of aliphatic carboxylic acids is 2. The summed E-state index contributed by atoms with van der Waals surface area (Å²) in [7, 11) is 0. The Bertz CT molecular complexity index is 387. The fraction of sp³-hybridized carbons (Fsp3) is 0.684. The van der Waals surface area contributed by atoms with E-state index in [0.717, 1.165) is 25.7 Å². The molecule has 0 aliphatic carbocycles. The van der Waals surface area contributed by atoms with E-state index in [1.807, 2.05) is 0 Å². The molecular formula is C19H32O6. The van der Waals surface area contributed by atoms with Crippen LogP contribution >= 0.6 is 0 Å². The largest absolute Gasteiger partial charge is 0.502 e. The summed E-state index contributed by atoms with van der Waals surface area (Å²) >= 11 is 0. The van der Waals surface area contributed by atoms with Gasteiger partial charge in [-0.1, -0.05) is 19.6 Å². The van der Waals surface area contributed by atoms with E-state index in [1.165, 1.54) is 12.5 Å². The number of rotatable bonds is 18. The van der Waals surface area contributed by atoms with Crippen LogP contribution in [0.25, 0.3) is 0 Å². The second-order valence-corrected chi connectivity index (χ2v) is 6.18. The van der Waals surface area contributed by atoms with Crippen molar-refractivity contribution in [2.45, 2.75) is 64.2 Å². The lowest BCUT2D eigenvalue weighted by molar-refractivity contribution is -0.150. The Balaban J connectivity index is 4.61. The SMILES string of the molecule is C=COCCCCC(CCCCOC=C)(CCCCC(=O)O)C(=O)O. The van der Waals surface area contributed by atoms with E-state index in [-0.39, 0.29) is 6.42 Å². The Morgan fingerprint density at radius 2 is 1.24 bits per heavy atom. The normalized spacial score (nSPS) is 10.9. The minimum Gasteiger partial charge on any atom is -0.502 e. The van der Waals surface area contributed by atoms with Gasteiger partial charge in [-0.2, -0.15) is 0 Å². The van der Waals surface area contributed by atoms with Crippen molar-refractivity contribution in [3.05, 3.63) is 25.7 Å². The van der Waals surface area contributed by atoms with E-state index in [0.29, 0.717) is 45.3 Å². The summed E-state index contributed by atoms with van der Waals surface area (Å²) < 4.78 is 10.2. The van der Waals surface area contributed by atoms with Crippen molar-refractivity contribution in [2.24, 2.45) is 5.41 Å². The average Bonchev–Trinajstić information content (AvgIpc) is 2.57. The van der Waals surface area contributed by atoms with Crippen LogP contribution in [0, 0.1) is 5.41 Å². The lowest BCUT2D eigenvalue weighted by Gasteiger charge is -2.30. The maximum Gasteiger partial charge on any atom is 0.309 e. The highest BCUT2D eigenvalue weighted by Gasteiger charge is 2.36. The number of carboxylic acids is 2. The highest BCUT2D eigenvalue weighted by molar-refractivity contribution is 5.74. The number of unbranched alkanes of at least 4 members (excludes halogenated alkanes) is 3. The fourth-order valence-corrected chi connectivity index (χ4v) is 2.90. The van der Waals surface area contributed by atoms with Crippen molar-refractivity contribution >= 4 is 11.9 Å². The summed E-state index contributed by atoms with van der Waals surface area (Å²) in [5.74, 6) is -1.64. The molecule has 0 aromatic carbocycles. The summed E-state index contributed by atoms with van der Waals surface area (Å²) in [6.45, 7) is 8.03. The molecule has 0 saturated carbocycles. The van der Waals surface area contributed by atoms with Crippen LogP contribution in [-0.2, 0) is 19.1 Å². The van der Waals surface area contributed by atoms with E-state index >= 15 is 0 Å². The summed E-state index contributed by atoms with van der Waals surface area (Å²) in [4.78, 5) is 22.6. The zero-order valence-electron chi connectivity index (χ0n) is 15.1. The van der Waals surface area contributed by atoms with Crippen molar-refractivity contribution in [3.8, 4) is 0 Å². The van der Waals surface area contributed by atoms with E-state index in [9.17, 15) is 14.7 Å². The first kappa shape index (κ1) is 23.0. The van der Waals surface area contributed by atoms with Gasteiger partial charge < -0.3 is 19.7 Å². The van der Waals surface area contributed by atoms with Crippen molar-refractivity contribution in [3.63, 3.8) is 0 Å². The Labute approximate surface area is 150 Å². The standard InChI is InChI=1S/C19H32O6/c1-3-24-15-9-7-13-19(18(22)23,12-6-5-11-17(20)21)14-8-10-16-25-4-2/h3-4H,1-2,5-16H2,(H,20,21)(H,22,23). The van der Waals surface area contributed by atoms with Gasteiger partial charge in [-0.3, -0.25) is 9.59 Å². The van der Waals surface area contributed by atoms with Crippen molar-refractivity contribution in [2.75, 3.05) is 13.2 Å². The number of hydrogen-bond donors (Lipinski definition) is 2. The van der Waals surface area contributed by atoms with Gasteiger partial charge in [-0.25, -0.2) is 0 Å². The number of carbonyl (C=O) groups is 2. The van der Waals surface area contributed by atoms with Crippen LogP contribution in [0.3, 0.4) is 0 Å². The fourth-order valence-electron chi connectivity index (χ4n) is 2.90. The first-order valence-corrected chi connectivity index (χ1v) is 8.88. The van der Waals surface area contributed by atoms with Gasteiger partial charge >= 0.3 is 11.9 Å². The molecule has 0 unspecified atom stereocenters. The third-order valence-electron chi connectivity index (χ3n) is 4.32. The minimum absolute atomic E-state index is 0.0794. The zero-order chi connectivity index (χ0) is 19.0. The van der Waals surface area contributed by atoms with Crippen LogP contribution < -0.4 is 0 Å². The van der Waals surface area contributed by atoms with Crippen molar-refractivity contribution < 1.29 is 29.3 Å². The van der Waals surface area contributed by atoms with E-state index < -0.39 is 17.4 Å². The molecule has 0 heterocycles. The van der Waals surface area contributed by atoms with Crippen LogP contribution in [0.15, 0.2) is 25.7 Å². The molecule has 0 bridgehead atoms. The Hall–Kier alpha value is -1.98. The highest BCUT2D eigenvalue weighted by Crippen LogP contribution is 2.37. The summed E-state index contributed by atoms with van der Waals surface area (Å²) in [5.41, 5.74) is -0.805. The maximum atomic E-state index is 12.0. The first-order valence-electron chi connectivity index (χ1n) is 8.88. The first-order chi connectivity index (χ1) is 12.0. The zero-order valence-corrected chi connectivity index (χ0v) is 15.1. The quantitative estimate of drug-likeness (QED) is 0.280. The topological polar surface area (TPSA) is 93.1 Å². The van der Waals surface area contributed by atoms with Crippen molar-refractivity contribution in [1.82, 2.24) is 0 Å². The number of ether oxygens (including phenoxy) is 2. The number of carboxylic acid groups (broad SMARTS) is 2. The maximum absolute atomic E-state index is 12.0. The molecular weight excluding hydrogens is 324 g/mol.